The molecule has 0 radical (unpaired) electrons. The maximum Gasteiger partial charge on any atom is 0.227 e. The van der Waals surface area contributed by atoms with Crippen molar-refractivity contribution in [3.05, 3.63) is 30.1 Å². The highest BCUT2D eigenvalue weighted by Gasteiger charge is 2.27. The summed E-state index contributed by atoms with van der Waals surface area (Å²) in [6, 6.07) is 4.02. The number of aromatic nitrogens is 1. The Kier molecular flexibility index (Phi) is 5.56. The van der Waals surface area contributed by atoms with Crippen LogP contribution in [0.4, 0.5) is 0 Å². The standard InChI is InChI=1S/C13H19N3O.ClH/c1-10(11-3-6-14-7-4-11)16(2)13(17)12-5-8-15-9-12;/h3-4,6-7,10,12,15H,5,8-9H2,1-2H3;1H. The molecule has 1 aliphatic rings. The van der Waals surface area contributed by atoms with E-state index in [1.165, 1.54) is 0 Å². The predicted octanol–water partition coefficient (Wildman–Crippen LogP) is 1.63. The lowest BCUT2D eigenvalue weighted by Crippen LogP contribution is -2.35. The minimum Gasteiger partial charge on any atom is -0.339 e. The van der Waals surface area contributed by atoms with Gasteiger partial charge in [-0.05, 0) is 37.6 Å². The van der Waals surface area contributed by atoms with E-state index < -0.39 is 0 Å². The zero-order valence-electron chi connectivity index (χ0n) is 10.8. The summed E-state index contributed by atoms with van der Waals surface area (Å²) >= 11 is 0. The van der Waals surface area contributed by atoms with E-state index in [1.807, 2.05) is 24.1 Å². The molecule has 1 aromatic heterocycles. The molecule has 1 amide bonds. The zero-order valence-corrected chi connectivity index (χ0v) is 11.6. The van der Waals surface area contributed by atoms with Crippen molar-refractivity contribution in [3.63, 3.8) is 0 Å². The highest BCUT2D eigenvalue weighted by atomic mass is 35.5. The van der Waals surface area contributed by atoms with Crippen LogP contribution >= 0.6 is 12.4 Å². The van der Waals surface area contributed by atoms with Crippen molar-refractivity contribution in [1.82, 2.24) is 15.2 Å². The average molecular weight is 270 g/mol. The molecule has 0 spiro atoms. The molecule has 2 rings (SSSR count). The van der Waals surface area contributed by atoms with Gasteiger partial charge in [0.2, 0.25) is 5.91 Å². The smallest absolute Gasteiger partial charge is 0.227 e. The van der Waals surface area contributed by atoms with Crippen LogP contribution in [0.5, 0.6) is 0 Å². The predicted molar refractivity (Wildman–Crippen MR) is 73.6 cm³/mol. The molecule has 1 saturated heterocycles. The van der Waals surface area contributed by atoms with Crippen LogP contribution in [0.2, 0.25) is 0 Å². The number of carbonyl (C=O) groups is 1. The molecule has 1 aliphatic heterocycles. The number of carbonyl (C=O) groups excluding carboxylic acids is 1. The highest BCUT2D eigenvalue weighted by molar-refractivity contribution is 5.85. The monoisotopic (exact) mass is 269 g/mol. The van der Waals surface area contributed by atoms with E-state index in [-0.39, 0.29) is 30.3 Å². The van der Waals surface area contributed by atoms with Gasteiger partial charge in [0.05, 0.1) is 12.0 Å². The van der Waals surface area contributed by atoms with E-state index in [1.54, 1.807) is 12.4 Å². The van der Waals surface area contributed by atoms with Gasteiger partial charge in [-0.2, -0.15) is 0 Å². The van der Waals surface area contributed by atoms with Crippen molar-refractivity contribution < 1.29 is 4.79 Å². The molecule has 1 N–H and O–H groups in total. The molecule has 0 saturated carbocycles. The van der Waals surface area contributed by atoms with Gasteiger partial charge < -0.3 is 10.2 Å². The summed E-state index contributed by atoms with van der Waals surface area (Å²) in [5, 5.41) is 3.23. The van der Waals surface area contributed by atoms with Crippen LogP contribution < -0.4 is 5.32 Å². The summed E-state index contributed by atoms with van der Waals surface area (Å²) < 4.78 is 0. The van der Waals surface area contributed by atoms with Gasteiger partial charge in [-0.25, -0.2) is 0 Å². The van der Waals surface area contributed by atoms with Crippen LogP contribution in [0, 0.1) is 5.92 Å². The molecule has 2 heterocycles. The summed E-state index contributed by atoms with van der Waals surface area (Å²) in [4.78, 5) is 18.1. The molecular weight excluding hydrogens is 250 g/mol. The lowest BCUT2D eigenvalue weighted by atomic mass is 10.0. The van der Waals surface area contributed by atoms with Gasteiger partial charge in [-0.15, -0.1) is 12.4 Å². The maximum absolute atomic E-state index is 12.2. The fraction of sp³-hybridized carbons (Fsp3) is 0.538. The number of hydrogen-bond acceptors (Lipinski definition) is 3. The van der Waals surface area contributed by atoms with Gasteiger partial charge in [0.25, 0.3) is 0 Å². The fourth-order valence-corrected chi connectivity index (χ4v) is 2.21. The Morgan fingerprint density at radius 2 is 2.17 bits per heavy atom. The van der Waals surface area contributed by atoms with E-state index in [4.69, 9.17) is 0 Å². The first-order valence-electron chi connectivity index (χ1n) is 6.07. The fourth-order valence-electron chi connectivity index (χ4n) is 2.21. The van der Waals surface area contributed by atoms with Crippen molar-refractivity contribution in [2.24, 2.45) is 5.92 Å². The van der Waals surface area contributed by atoms with E-state index in [9.17, 15) is 4.79 Å². The van der Waals surface area contributed by atoms with Crippen LogP contribution in [0.15, 0.2) is 24.5 Å². The number of nitrogens with one attached hydrogen (secondary N) is 1. The number of rotatable bonds is 3. The molecule has 0 aromatic carbocycles. The lowest BCUT2D eigenvalue weighted by molar-refractivity contribution is -0.135. The molecule has 5 heteroatoms. The quantitative estimate of drug-likeness (QED) is 0.907. The number of amides is 1. The summed E-state index contributed by atoms with van der Waals surface area (Å²) in [5.74, 6) is 0.378. The molecule has 2 atom stereocenters. The third-order valence-corrected chi connectivity index (χ3v) is 3.53. The molecule has 18 heavy (non-hydrogen) atoms. The second kappa shape index (κ2) is 6.71. The molecule has 100 valence electrons. The Labute approximate surface area is 114 Å². The highest BCUT2D eigenvalue weighted by Crippen LogP contribution is 2.21. The molecule has 0 aliphatic carbocycles. The van der Waals surface area contributed by atoms with E-state index >= 15 is 0 Å². The first-order chi connectivity index (χ1) is 8.20. The second-order valence-electron chi connectivity index (χ2n) is 4.60. The van der Waals surface area contributed by atoms with Gasteiger partial charge in [-0.1, -0.05) is 0 Å². The Bertz CT molecular complexity index is 379. The summed E-state index contributed by atoms with van der Waals surface area (Å²) in [6.45, 7) is 3.82. The molecular formula is C13H20ClN3O. The van der Waals surface area contributed by atoms with Crippen molar-refractivity contribution >= 4 is 18.3 Å². The normalized spacial score (nSPS) is 20.0. The average Bonchev–Trinajstić information content (AvgIpc) is 2.91. The molecule has 0 bridgehead atoms. The minimum atomic E-state index is 0. The Morgan fingerprint density at radius 3 is 2.72 bits per heavy atom. The first kappa shape index (κ1) is 14.9. The van der Waals surface area contributed by atoms with Crippen LogP contribution in [-0.4, -0.2) is 35.9 Å². The van der Waals surface area contributed by atoms with E-state index in [0.29, 0.717) is 0 Å². The number of nitrogens with zero attached hydrogens (tertiary/aromatic N) is 2. The van der Waals surface area contributed by atoms with Gasteiger partial charge in [0.15, 0.2) is 0 Å². The van der Waals surface area contributed by atoms with E-state index in [2.05, 4.69) is 17.2 Å². The molecule has 4 nitrogen and oxygen atoms in total. The second-order valence-corrected chi connectivity index (χ2v) is 4.60. The number of halogens is 1. The zero-order chi connectivity index (χ0) is 12.3. The van der Waals surface area contributed by atoms with Crippen molar-refractivity contribution in [2.45, 2.75) is 19.4 Å². The van der Waals surface area contributed by atoms with Crippen LogP contribution in [-0.2, 0) is 4.79 Å². The largest absolute Gasteiger partial charge is 0.339 e. The van der Waals surface area contributed by atoms with Crippen LogP contribution in [0.1, 0.15) is 24.9 Å². The number of pyridine rings is 1. The molecule has 1 aromatic rings. The van der Waals surface area contributed by atoms with E-state index in [0.717, 1.165) is 25.1 Å². The Hall–Kier alpha value is -1.13. The third-order valence-electron chi connectivity index (χ3n) is 3.53. The lowest BCUT2D eigenvalue weighted by Gasteiger charge is -2.27. The first-order valence-corrected chi connectivity index (χ1v) is 6.07. The number of hydrogen-bond donors (Lipinski definition) is 1. The van der Waals surface area contributed by atoms with Crippen molar-refractivity contribution in [2.75, 3.05) is 20.1 Å². The summed E-state index contributed by atoms with van der Waals surface area (Å²) in [5.41, 5.74) is 1.13. The van der Waals surface area contributed by atoms with Gasteiger partial charge in [-0.3, -0.25) is 9.78 Å². The van der Waals surface area contributed by atoms with Crippen molar-refractivity contribution in [1.29, 1.82) is 0 Å². The molecule has 2 unspecified atom stereocenters. The molecule has 1 fully saturated rings. The topological polar surface area (TPSA) is 45.2 Å². The minimum absolute atomic E-state index is 0. The maximum atomic E-state index is 12.2. The Balaban J connectivity index is 0.00000162. The van der Waals surface area contributed by atoms with Crippen molar-refractivity contribution in [3.8, 4) is 0 Å². The van der Waals surface area contributed by atoms with Gasteiger partial charge in [0, 0.05) is 26.0 Å². The Morgan fingerprint density at radius 1 is 1.50 bits per heavy atom. The van der Waals surface area contributed by atoms with Crippen LogP contribution in [0.25, 0.3) is 0 Å². The van der Waals surface area contributed by atoms with Gasteiger partial charge in [0.1, 0.15) is 0 Å². The third kappa shape index (κ3) is 3.21. The summed E-state index contributed by atoms with van der Waals surface area (Å²) in [6.07, 6.45) is 4.48. The van der Waals surface area contributed by atoms with Gasteiger partial charge >= 0.3 is 0 Å². The summed E-state index contributed by atoms with van der Waals surface area (Å²) in [7, 11) is 1.88. The SMILES string of the molecule is CC(c1ccncc1)N(C)C(=O)C1CCNC1.Cl. The van der Waals surface area contributed by atoms with Crippen LogP contribution in [0.3, 0.4) is 0 Å².